The van der Waals surface area contributed by atoms with Crippen LogP contribution in [0.25, 0.3) is 0 Å². The molecular formula is C20H18N4O3S. The van der Waals surface area contributed by atoms with E-state index < -0.39 is 6.17 Å². The number of hydrogen-bond acceptors (Lipinski definition) is 6. The molecule has 1 aliphatic rings. The molecule has 2 heterocycles. The third-order valence-electron chi connectivity index (χ3n) is 4.45. The molecule has 1 aliphatic heterocycles. The maximum Gasteiger partial charge on any atom is 0.258 e. The first-order valence-corrected chi connectivity index (χ1v) is 9.53. The second-order valence-electron chi connectivity index (χ2n) is 6.18. The lowest BCUT2D eigenvalue weighted by Gasteiger charge is -2.37. The van der Waals surface area contributed by atoms with Crippen molar-refractivity contribution < 1.29 is 14.3 Å². The van der Waals surface area contributed by atoms with Crippen LogP contribution in [-0.4, -0.2) is 35.4 Å². The average molecular weight is 394 g/mol. The Balaban J connectivity index is 1.64. The van der Waals surface area contributed by atoms with Gasteiger partial charge in [0.2, 0.25) is 5.91 Å². The van der Waals surface area contributed by atoms with E-state index in [0.29, 0.717) is 10.7 Å². The van der Waals surface area contributed by atoms with Gasteiger partial charge in [0.1, 0.15) is 18.5 Å². The van der Waals surface area contributed by atoms with Crippen LogP contribution >= 0.6 is 11.3 Å². The Morgan fingerprint density at radius 1 is 1.25 bits per heavy atom. The maximum absolute atomic E-state index is 13.1. The second kappa shape index (κ2) is 7.69. The standard InChI is InChI=1S/C20H18N4O3S/c1-27-14-8-6-13(7-9-14)18-22-16-5-3-2-4-15(16)19(26)24(18)12-17(25)23-20-21-10-11-28-20/h2-11,18,22H,12H2,1H3,(H,21,23,25)/t18-/m0/s1. The van der Waals surface area contributed by atoms with Gasteiger partial charge in [0.05, 0.1) is 12.7 Å². The Bertz CT molecular complexity index is 989. The highest BCUT2D eigenvalue weighted by Gasteiger charge is 2.34. The third-order valence-corrected chi connectivity index (χ3v) is 5.13. The number of para-hydroxylation sites is 1. The lowest BCUT2D eigenvalue weighted by Crippen LogP contribution is -2.46. The molecule has 0 radical (unpaired) electrons. The van der Waals surface area contributed by atoms with Gasteiger partial charge in [-0.15, -0.1) is 11.3 Å². The number of amides is 2. The zero-order chi connectivity index (χ0) is 19.5. The summed E-state index contributed by atoms with van der Waals surface area (Å²) in [6.07, 6.45) is 1.14. The van der Waals surface area contributed by atoms with Gasteiger partial charge in [-0.2, -0.15) is 0 Å². The molecule has 0 saturated carbocycles. The molecule has 8 heteroatoms. The number of nitrogens with zero attached hydrogens (tertiary/aromatic N) is 2. The summed E-state index contributed by atoms with van der Waals surface area (Å²) in [4.78, 5) is 31.2. The summed E-state index contributed by atoms with van der Waals surface area (Å²) in [7, 11) is 1.60. The summed E-state index contributed by atoms with van der Waals surface area (Å²) >= 11 is 1.33. The van der Waals surface area contributed by atoms with Crippen LogP contribution in [0.2, 0.25) is 0 Å². The molecule has 0 spiro atoms. The van der Waals surface area contributed by atoms with Gasteiger partial charge in [0.25, 0.3) is 5.91 Å². The molecule has 0 saturated heterocycles. The van der Waals surface area contributed by atoms with Gasteiger partial charge >= 0.3 is 0 Å². The van der Waals surface area contributed by atoms with Gasteiger partial charge in [0, 0.05) is 17.3 Å². The number of aromatic nitrogens is 1. The highest BCUT2D eigenvalue weighted by Crippen LogP contribution is 2.33. The van der Waals surface area contributed by atoms with Crippen molar-refractivity contribution in [1.82, 2.24) is 9.88 Å². The van der Waals surface area contributed by atoms with Crippen molar-refractivity contribution in [3.05, 3.63) is 71.2 Å². The lowest BCUT2D eigenvalue weighted by atomic mass is 10.0. The summed E-state index contributed by atoms with van der Waals surface area (Å²) in [5.41, 5.74) is 2.13. The second-order valence-corrected chi connectivity index (χ2v) is 7.08. The molecule has 142 valence electrons. The van der Waals surface area contributed by atoms with Crippen molar-refractivity contribution in [2.24, 2.45) is 0 Å². The van der Waals surface area contributed by atoms with Gasteiger partial charge in [-0.25, -0.2) is 4.98 Å². The highest BCUT2D eigenvalue weighted by atomic mass is 32.1. The van der Waals surface area contributed by atoms with E-state index in [4.69, 9.17) is 4.74 Å². The van der Waals surface area contributed by atoms with Crippen molar-refractivity contribution in [3.63, 3.8) is 0 Å². The largest absolute Gasteiger partial charge is 0.497 e. The zero-order valence-corrected chi connectivity index (χ0v) is 15.9. The fourth-order valence-electron chi connectivity index (χ4n) is 3.10. The minimum atomic E-state index is -0.477. The van der Waals surface area contributed by atoms with Crippen LogP contribution in [0.5, 0.6) is 5.75 Å². The number of carbonyl (C=O) groups excluding carboxylic acids is 2. The number of ether oxygens (including phenoxy) is 1. The molecule has 2 aromatic carbocycles. The summed E-state index contributed by atoms with van der Waals surface area (Å²) in [5.74, 6) is 0.215. The van der Waals surface area contributed by atoms with E-state index in [-0.39, 0.29) is 18.4 Å². The van der Waals surface area contributed by atoms with E-state index in [1.54, 1.807) is 30.8 Å². The Kier molecular flexibility index (Phi) is 4.94. The van der Waals surface area contributed by atoms with Crippen molar-refractivity contribution in [1.29, 1.82) is 0 Å². The van der Waals surface area contributed by atoms with E-state index >= 15 is 0 Å². The Morgan fingerprint density at radius 2 is 2.04 bits per heavy atom. The molecule has 0 fully saturated rings. The van der Waals surface area contributed by atoms with Gasteiger partial charge in [-0.05, 0) is 29.8 Å². The van der Waals surface area contributed by atoms with E-state index in [1.807, 2.05) is 36.4 Å². The summed E-state index contributed by atoms with van der Waals surface area (Å²) < 4.78 is 5.21. The van der Waals surface area contributed by atoms with Crippen LogP contribution in [0.1, 0.15) is 22.1 Å². The van der Waals surface area contributed by atoms with E-state index in [1.165, 1.54) is 16.2 Å². The van der Waals surface area contributed by atoms with Crippen LogP contribution < -0.4 is 15.4 Å². The maximum atomic E-state index is 13.1. The van der Waals surface area contributed by atoms with Gasteiger partial charge < -0.3 is 20.3 Å². The van der Waals surface area contributed by atoms with E-state index in [9.17, 15) is 9.59 Å². The van der Waals surface area contributed by atoms with Gasteiger partial charge in [-0.3, -0.25) is 9.59 Å². The lowest BCUT2D eigenvalue weighted by molar-refractivity contribution is -0.117. The van der Waals surface area contributed by atoms with Crippen LogP contribution in [0.15, 0.2) is 60.1 Å². The predicted octanol–water partition coefficient (Wildman–Crippen LogP) is 3.36. The fourth-order valence-corrected chi connectivity index (χ4v) is 3.65. The third kappa shape index (κ3) is 3.54. The van der Waals surface area contributed by atoms with Crippen molar-refractivity contribution in [3.8, 4) is 5.75 Å². The topological polar surface area (TPSA) is 83.6 Å². The van der Waals surface area contributed by atoms with Crippen molar-refractivity contribution in [2.45, 2.75) is 6.17 Å². The SMILES string of the molecule is COc1ccc([C@H]2Nc3ccccc3C(=O)N2CC(=O)Nc2nccs2)cc1. The van der Waals surface area contributed by atoms with E-state index in [0.717, 1.165) is 17.0 Å². The van der Waals surface area contributed by atoms with Crippen molar-refractivity contribution >= 4 is 34.0 Å². The van der Waals surface area contributed by atoms with Crippen LogP contribution in [0.3, 0.4) is 0 Å². The number of benzene rings is 2. The van der Waals surface area contributed by atoms with Gasteiger partial charge in [0.15, 0.2) is 5.13 Å². The number of thiazole rings is 1. The first-order chi connectivity index (χ1) is 13.7. The Labute approximate surface area is 166 Å². The van der Waals surface area contributed by atoms with Gasteiger partial charge in [-0.1, -0.05) is 24.3 Å². The molecule has 0 unspecified atom stereocenters. The molecule has 1 aromatic heterocycles. The number of nitrogens with one attached hydrogen (secondary N) is 2. The fraction of sp³-hybridized carbons (Fsp3) is 0.150. The molecule has 2 amide bonds. The van der Waals surface area contributed by atoms with Crippen LogP contribution in [0.4, 0.5) is 10.8 Å². The molecule has 0 bridgehead atoms. The minimum Gasteiger partial charge on any atom is -0.497 e. The number of rotatable bonds is 5. The monoisotopic (exact) mass is 394 g/mol. The number of hydrogen-bond donors (Lipinski definition) is 2. The van der Waals surface area contributed by atoms with E-state index in [2.05, 4.69) is 15.6 Å². The van der Waals surface area contributed by atoms with Crippen molar-refractivity contribution in [2.75, 3.05) is 24.3 Å². The molecule has 1 atom stereocenters. The summed E-state index contributed by atoms with van der Waals surface area (Å²) in [6.45, 7) is -0.101. The predicted molar refractivity (Wildman–Crippen MR) is 108 cm³/mol. The Morgan fingerprint density at radius 3 is 2.75 bits per heavy atom. The quantitative estimate of drug-likeness (QED) is 0.693. The number of fused-ring (bicyclic) bond motifs is 1. The molecule has 4 rings (SSSR count). The first kappa shape index (κ1) is 18.0. The molecule has 28 heavy (non-hydrogen) atoms. The number of methoxy groups -OCH3 is 1. The number of anilines is 2. The average Bonchev–Trinajstić information content (AvgIpc) is 3.23. The first-order valence-electron chi connectivity index (χ1n) is 8.65. The molecular weight excluding hydrogens is 376 g/mol. The van der Waals surface area contributed by atoms with Crippen LogP contribution in [-0.2, 0) is 4.79 Å². The number of carbonyl (C=O) groups is 2. The molecule has 7 nitrogen and oxygen atoms in total. The summed E-state index contributed by atoms with van der Waals surface area (Å²) in [6, 6.07) is 14.7. The highest BCUT2D eigenvalue weighted by molar-refractivity contribution is 7.13. The Hall–Kier alpha value is -3.39. The molecule has 2 N–H and O–H groups in total. The normalized spacial score (nSPS) is 15.5. The molecule has 3 aromatic rings. The smallest absolute Gasteiger partial charge is 0.258 e. The summed E-state index contributed by atoms with van der Waals surface area (Å²) in [5, 5.41) is 8.38. The zero-order valence-electron chi connectivity index (χ0n) is 15.1. The minimum absolute atomic E-state index is 0.101. The van der Waals surface area contributed by atoms with Crippen LogP contribution in [0, 0.1) is 0 Å². The molecule has 0 aliphatic carbocycles.